The van der Waals surface area contributed by atoms with E-state index < -0.39 is 0 Å². The molecule has 8 heteroatoms. The fraction of sp³-hybridized carbons (Fsp3) is 0.778. The summed E-state index contributed by atoms with van der Waals surface area (Å²) in [5.74, 6) is 2.03. The fourth-order valence-corrected chi connectivity index (χ4v) is 3.38. The van der Waals surface area contributed by atoms with Crippen LogP contribution in [0.3, 0.4) is 0 Å². The Morgan fingerprint density at radius 2 is 2.23 bits per heavy atom. The van der Waals surface area contributed by atoms with Crippen molar-refractivity contribution in [1.29, 1.82) is 0 Å². The van der Waals surface area contributed by atoms with Crippen LogP contribution in [0.1, 0.15) is 52.3 Å². The van der Waals surface area contributed by atoms with Crippen LogP contribution >= 0.6 is 0 Å². The maximum atomic E-state index is 12.3. The Bertz CT molecular complexity index is 596. The highest BCUT2D eigenvalue weighted by Crippen LogP contribution is 2.24. The highest BCUT2D eigenvalue weighted by molar-refractivity contribution is 5.81. The fourth-order valence-electron chi connectivity index (χ4n) is 3.38. The number of aryl methyl sites for hydroxylation is 1. The molecule has 0 bridgehead atoms. The molecule has 2 rings (SSSR count). The topological polar surface area (TPSA) is 96.2 Å². The molecule has 1 aromatic rings. The molecule has 0 radical (unpaired) electrons. The number of aliphatic imine (C=N–C) groups is 1. The second-order valence-corrected chi connectivity index (χ2v) is 7.16. The SMILES string of the molecule is CCc1nncn1CCNC(=NC)NC1CCCC(C(=O)NC(C)C)C1. The molecule has 1 heterocycles. The minimum atomic E-state index is 0.0888. The summed E-state index contributed by atoms with van der Waals surface area (Å²) in [6, 6.07) is 0.468. The minimum absolute atomic E-state index is 0.0888. The van der Waals surface area contributed by atoms with Crippen molar-refractivity contribution < 1.29 is 4.79 Å². The average molecular weight is 364 g/mol. The van der Waals surface area contributed by atoms with E-state index in [0.29, 0.717) is 0 Å². The van der Waals surface area contributed by atoms with Gasteiger partial charge in [0.2, 0.25) is 5.91 Å². The monoisotopic (exact) mass is 363 g/mol. The molecule has 2 unspecified atom stereocenters. The Balaban J connectivity index is 1.79. The second kappa shape index (κ2) is 10.1. The summed E-state index contributed by atoms with van der Waals surface area (Å²) in [7, 11) is 1.78. The summed E-state index contributed by atoms with van der Waals surface area (Å²) in [6.07, 6.45) is 6.58. The summed E-state index contributed by atoms with van der Waals surface area (Å²) in [4.78, 5) is 16.6. The largest absolute Gasteiger partial charge is 0.355 e. The lowest BCUT2D eigenvalue weighted by molar-refractivity contribution is -0.126. The van der Waals surface area contributed by atoms with Crippen LogP contribution in [0.25, 0.3) is 0 Å². The molecule has 0 aliphatic heterocycles. The molecule has 1 aliphatic carbocycles. The Morgan fingerprint density at radius 3 is 2.92 bits per heavy atom. The van der Waals surface area contributed by atoms with E-state index in [9.17, 15) is 4.79 Å². The minimum Gasteiger partial charge on any atom is -0.355 e. The van der Waals surface area contributed by atoms with Gasteiger partial charge in [0.05, 0.1) is 0 Å². The number of guanidine groups is 1. The van der Waals surface area contributed by atoms with Gasteiger partial charge >= 0.3 is 0 Å². The van der Waals surface area contributed by atoms with Gasteiger partial charge in [-0.2, -0.15) is 0 Å². The summed E-state index contributed by atoms with van der Waals surface area (Å²) < 4.78 is 2.05. The van der Waals surface area contributed by atoms with E-state index in [2.05, 4.69) is 38.1 Å². The Hall–Kier alpha value is -2.12. The van der Waals surface area contributed by atoms with Gasteiger partial charge in [-0.25, -0.2) is 0 Å². The maximum absolute atomic E-state index is 12.3. The Morgan fingerprint density at radius 1 is 1.42 bits per heavy atom. The molecule has 26 heavy (non-hydrogen) atoms. The third kappa shape index (κ3) is 6.00. The third-order valence-corrected chi connectivity index (χ3v) is 4.70. The van der Waals surface area contributed by atoms with E-state index >= 15 is 0 Å². The van der Waals surface area contributed by atoms with Crippen molar-refractivity contribution in [3.05, 3.63) is 12.2 Å². The molecular formula is C18H33N7O. The first kappa shape index (κ1) is 20.2. The predicted octanol–water partition coefficient (Wildman–Crippen LogP) is 1.09. The molecule has 8 nitrogen and oxygen atoms in total. The first-order chi connectivity index (χ1) is 12.5. The zero-order valence-electron chi connectivity index (χ0n) is 16.5. The van der Waals surface area contributed by atoms with E-state index in [1.54, 1.807) is 13.4 Å². The maximum Gasteiger partial charge on any atom is 0.223 e. The number of nitrogens with zero attached hydrogens (tertiary/aromatic N) is 4. The molecule has 1 amide bonds. The van der Waals surface area contributed by atoms with Gasteiger partial charge in [-0.15, -0.1) is 10.2 Å². The van der Waals surface area contributed by atoms with Gasteiger partial charge in [-0.3, -0.25) is 9.79 Å². The first-order valence-corrected chi connectivity index (χ1v) is 9.67. The number of amides is 1. The highest BCUT2D eigenvalue weighted by Gasteiger charge is 2.27. The number of carbonyl (C=O) groups excluding carboxylic acids is 1. The number of aromatic nitrogens is 3. The molecule has 1 aliphatic rings. The number of nitrogens with one attached hydrogen (secondary N) is 3. The number of rotatable bonds is 7. The molecule has 0 spiro atoms. The molecule has 2 atom stereocenters. The summed E-state index contributed by atoms with van der Waals surface area (Å²) in [5, 5.41) is 17.9. The first-order valence-electron chi connectivity index (χ1n) is 9.67. The van der Waals surface area contributed by atoms with Gasteiger partial charge in [0.25, 0.3) is 0 Å². The lowest BCUT2D eigenvalue weighted by atomic mass is 9.85. The van der Waals surface area contributed by atoms with Crippen molar-refractivity contribution in [3.8, 4) is 0 Å². The molecule has 3 N–H and O–H groups in total. The van der Waals surface area contributed by atoms with Crippen molar-refractivity contribution in [3.63, 3.8) is 0 Å². The molecule has 1 saturated carbocycles. The van der Waals surface area contributed by atoms with Gasteiger partial charge in [-0.05, 0) is 33.1 Å². The second-order valence-electron chi connectivity index (χ2n) is 7.16. The van der Waals surface area contributed by atoms with Gasteiger partial charge in [0.15, 0.2) is 5.96 Å². The number of carbonyl (C=O) groups is 1. The molecule has 1 aromatic heterocycles. The van der Waals surface area contributed by atoms with Crippen LogP contribution in [-0.2, 0) is 17.8 Å². The summed E-state index contributed by atoms with van der Waals surface area (Å²) in [6.45, 7) is 7.61. The molecule has 0 saturated heterocycles. The van der Waals surface area contributed by atoms with Crippen LogP contribution in [0.2, 0.25) is 0 Å². The van der Waals surface area contributed by atoms with Gasteiger partial charge in [0.1, 0.15) is 12.2 Å². The number of hydrogen-bond donors (Lipinski definition) is 3. The summed E-state index contributed by atoms with van der Waals surface area (Å²) in [5.41, 5.74) is 0. The quantitative estimate of drug-likeness (QED) is 0.498. The van der Waals surface area contributed by atoms with Crippen molar-refractivity contribution in [1.82, 2.24) is 30.7 Å². The van der Waals surface area contributed by atoms with Crippen LogP contribution in [-0.4, -0.2) is 52.3 Å². The highest BCUT2D eigenvalue weighted by atomic mass is 16.1. The lowest BCUT2D eigenvalue weighted by Gasteiger charge is -2.30. The van der Waals surface area contributed by atoms with Crippen LogP contribution in [0.5, 0.6) is 0 Å². The lowest BCUT2D eigenvalue weighted by Crippen LogP contribution is -2.48. The third-order valence-electron chi connectivity index (χ3n) is 4.70. The van der Waals surface area contributed by atoms with Crippen LogP contribution in [0.4, 0.5) is 0 Å². The molecular weight excluding hydrogens is 330 g/mol. The Kier molecular flexibility index (Phi) is 7.87. The smallest absolute Gasteiger partial charge is 0.223 e. The van der Waals surface area contributed by atoms with Gasteiger partial charge in [-0.1, -0.05) is 13.3 Å². The zero-order valence-corrected chi connectivity index (χ0v) is 16.5. The Labute approximate surface area is 156 Å². The molecule has 0 aromatic carbocycles. The average Bonchev–Trinajstić information content (AvgIpc) is 3.08. The predicted molar refractivity (Wildman–Crippen MR) is 103 cm³/mol. The molecule has 146 valence electrons. The van der Waals surface area contributed by atoms with Crippen LogP contribution in [0, 0.1) is 5.92 Å². The van der Waals surface area contributed by atoms with Gasteiger partial charge in [0, 0.05) is 44.6 Å². The molecule has 1 fully saturated rings. The van der Waals surface area contributed by atoms with E-state index in [1.807, 2.05) is 18.4 Å². The van der Waals surface area contributed by atoms with Crippen molar-refractivity contribution >= 4 is 11.9 Å². The standard InChI is InChI=1S/C18H33N7O/c1-5-16-24-21-12-25(16)10-9-20-18(19-4)23-15-8-6-7-14(11-15)17(26)22-13(2)3/h12-15H,5-11H2,1-4H3,(H,22,26)(H2,19,20,23). The van der Waals surface area contributed by atoms with Crippen molar-refractivity contribution in [2.24, 2.45) is 10.9 Å². The van der Waals surface area contributed by atoms with Gasteiger partial charge < -0.3 is 20.5 Å². The van der Waals surface area contributed by atoms with Crippen molar-refractivity contribution in [2.45, 2.75) is 71.5 Å². The van der Waals surface area contributed by atoms with E-state index in [1.165, 1.54) is 0 Å². The van der Waals surface area contributed by atoms with Crippen LogP contribution < -0.4 is 16.0 Å². The van der Waals surface area contributed by atoms with E-state index in [0.717, 1.165) is 57.0 Å². The number of hydrogen-bond acceptors (Lipinski definition) is 4. The van der Waals surface area contributed by atoms with Crippen molar-refractivity contribution in [2.75, 3.05) is 13.6 Å². The van der Waals surface area contributed by atoms with E-state index in [4.69, 9.17) is 0 Å². The summed E-state index contributed by atoms with van der Waals surface area (Å²) >= 11 is 0. The van der Waals surface area contributed by atoms with E-state index in [-0.39, 0.29) is 23.9 Å². The zero-order chi connectivity index (χ0) is 18.9. The van der Waals surface area contributed by atoms with Crippen LogP contribution in [0.15, 0.2) is 11.3 Å². The normalized spacial score (nSPS) is 20.9.